The number of aromatic amines is 1. The number of H-pyrrole nitrogens is 1. The number of imidazole rings is 1. The van der Waals surface area contributed by atoms with Crippen LogP contribution in [0.25, 0.3) is 11.3 Å². The van der Waals surface area contributed by atoms with Crippen LogP contribution in [0.15, 0.2) is 24.4 Å². The van der Waals surface area contributed by atoms with Crippen molar-refractivity contribution in [1.82, 2.24) is 9.97 Å². The summed E-state index contributed by atoms with van der Waals surface area (Å²) in [6.07, 6.45) is 7.88. The summed E-state index contributed by atoms with van der Waals surface area (Å²) in [6, 6.07) is 6.92. The third-order valence-electron chi connectivity index (χ3n) is 5.29. The normalized spacial score (nSPS) is 13.8. The third kappa shape index (κ3) is 5.93. The Bertz CT molecular complexity index is 697. The highest BCUT2D eigenvalue weighted by molar-refractivity contribution is 5.62. The van der Waals surface area contributed by atoms with Crippen molar-refractivity contribution >= 4 is 0 Å². The maximum absolute atomic E-state index is 6.37. The topological polar surface area (TPSA) is 54.7 Å². The van der Waals surface area contributed by atoms with E-state index in [-0.39, 0.29) is 16.9 Å². The predicted molar refractivity (Wildman–Crippen MR) is 117 cm³/mol. The number of benzene rings is 1. The van der Waals surface area contributed by atoms with Crippen molar-refractivity contribution in [2.45, 2.75) is 97.4 Å². The highest BCUT2D eigenvalue weighted by Gasteiger charge is 2.21. The minimum absolute atomic E-state index is 0.0107. The first-order valence-electron chi connectivity index (χ1n) is 10.5. The van der Waals surface area contributed by atoms with Crippen molar-refractivity contribution < 1.29 is 0 Å². The van der Waals surface area contributed by atoms with Crippen molar-refractivity contribution in [3.63, 3.8) is 0 Å². The Labute approximate surface area is 166 Å². The number of aromatic nitrogens is 2. The van der Waals surface area contributed by atoms with E-state index in [4.69, 9.17) is 5.73 Å². The molecule has 0 radical (unpaired) electrons. The van der Waals surface area contributed by atoms with Crippen LogP contribution in [0, 0.1) is 0 Å². The molecule has 3 N–H and O–H groups in total. The zero-order valence-corrected chi connectivity index (χ0v) is 18.4. The molecule has 0 saturated carbocycles. The summed E-state index contributed by atoms with van der Waals surface area (Å²) in [4.78, 5) is 8.09. The first kappa shape index (κ1) is 21.7. The largest absolute Gasteiger partial charge is 0.341 e. The number of hydrogen-bond donors (Lipinski definition) is 2. The lowest BCUT2D eigenvalue weighted by atomic mass is 9.79. The average molecular weight is 370 g/mol. The number of hydrogen-bond acceptors (Lipinski definition) is 2. The summed E-state index contributed by atoms with van der Waals surface area (Å²) in [5, 5.41) is 0. The van der Waals surface area contributed by atoms with Crippen LogP contribution in [-0.4, -0.2) is 9.97 Å². The monoisotopic (exact) mass is 369 g/mol. The molecule has 0 aliphatic carbocycles. The van der Waals surface area contributed by atoms with E-state index in [0.717, 1.165) is 17.9 Å². The van der Waals surface area contributed by atoms with Gasteiger partial charge in [0.25, 0.3) is 0 Å². The molecule has 2 aromatic rings. The van der Waals surface area contributed by atoms with Gasteiger partial charge in [-0.05, 0) is 40.5 Å². The quantitative estimate of drug-likeness (QED) is 0.537. The number of nitrogens with zero attached hydrogens (tertiary/aromatic N) is 1. The Morgan fingerprint density at radius 2 is 1.52 bits per heavy atom. The molecule has 3 heteroatoms. The van der Waals surface area contributed by atoms with Crippen molar-refractivity contribution in [2.24, 2.45) is 5.73 Å². The molecule has 0 aliphatic rings. The second-order valence-corrected chi connectivity index (χ2v) is 9.94. The van der Waals surface area contributed by atoms with Gasteiger partial charge in [0.15, 0.2) is 0 Å². The lowest BCUT2D eigenvalue weighted by Crippen LogP contribution is -2.16. The Balaban J connectivity index is 2.29. The van der Waals surface area contributed by atoms with Crippen LogP contribution in [0.2, 0.25) is 0 Å². The van der Waals surface area contributed by atoms with Crippen LogP contribution in [0.5, 0.6) is 0 Å². The average Bonchev–Trinajstić information content (AvgIpc) is 3.07. The molecule has 150 valence electrons. The van der Waals surface area contributed by atoms with E-state index in [2.05, 4.69) is 76.6 Å². The molecule has 27 heavy (non-hydrogen) atoms. The highest BCUT2D eigenvalue weighted by Crippen LogP contribution is 2.33. The zero-order valence-electron chi connectivity index (χ0n) is 18.4. The minimum atomic E-state index is -0.0107. The molecule has 0 amide bonds. The summed E-state index contributed by atoms with van der Waals surface area (Å²) in [5.41, 5.74) is 11.5. The van der Waals surface area contributed by atoms with Gasteiger partial charge in [-0.1, -0.05) is 80.2 Å². The molecule has 0 spiro atoms. The number of nitrogens with two attached hydrogens (primary N) is 1. The second-order valence-electron chi connectivity index (χ2n) is 9.94. The summed E-state index contributed by atoms with van der Waals surface area (Å²) in [7, 11) is 0. The molecule has 1 atom stereocenters. The Kier molecular flexibility index (Phi) is 6.91. The number of nitrogens with one attached hydrogen (secondary N) is 1. The maximum Gasteiger partial charge on any atom is 0.123 e. The smallest absolute Gasteiger partial charge is 0.123 e. The predicted octanol–water partition coefficient (Wildman–Crippen LogP) is 6.64. The fourth-order valence-corrected chi connectivity index (χ4v) is 3.25. The van der Waals surface area contributed by atoms with Crippen LogP contribution in [0.4, 0.5) is 0 Å². The van der Waals surface area contributed by atoms with Gasteiger partial charge in [0.2, 0.25) is 0 Å². The van der Waals surface area contributed by atoms with E-state index in [1.807, 2.05) is 6.20 Å². The van der Waals surface area contributed by atoms with Gasteiger partial charge in [-0.3, -0.25) is 0 Å². The van der Waals surface area contributed by atoms with Crippen molar-refractivity contribution in [2.75, 3.05) is 0 Å². The summed E-state index contributed by atoms with van der Waals surface area (Å²) in [6.45, 7) is 15.8. The van der Waals surface area contributed by atoms with Crippen LogP contribution < -0.4 is 5.73 Å². The summed E-state index contributed by atoms with van der Waals surface area (Å²) >= 11 is 0. The van der Waals surface area contributed by atoms with Crippen LogP contribution in [0.1, 0.15) is 104 Å². The molecule has 1 aromatic carbocycles. The molecule has 0 saturated heterocycles. The van der Waals surface area contributed by atoms with Gasteiger partial charge < -0.3 is 10.7 Å². The zero-order chi connectivity index (χ0) is 20.2. The van der Waals surface area contributed by atoms with Crippen LogP contribution in [-0.2, 0) is 10.8 Å². The van der Waals surface area contributed by atoms with Crippen LogP contribution in [0.3, 0.4) is 0 Å². The van der Waals surface area contributed by atoms with Gasteiger partial charge in [0.1, 0.15) is 5.82 Å². The van der Waals surface area contributed by atoms with Crippen molar-refractivity contribution in [3.05, 3.63) is 41.3 Å². The van der Waals surface area contributed by atoms with Crippen molar-refractivity contribution in [3.8, 4) is 11.3 Å². The Hall–Kier alpha value is -1.61. The standard InChI is InChI=1S/C24H39N3/c1-8-9-10-11-12-20(25)22-26-16-21(27-22)17-13-18(23(2,3)4)15-19(14-17)24(5,6)7/h13-16,20H,8-12,25H2,1-7H3,(H,26,27). The molecule has 0 bridgehead atoms. The molecule has 3 nitrogen and oxygen atoms in total. The molecule has 1 aromatic heterocycles. The van der Waals surface area contributed by atoms with Gasteiger partial charge in [-0.25, -0.2) is 4.98 Å². The summed E-state index contributed by atoms with van der Waals surface area (Å²) < 4.78 is 0. The minimum Gasteiger partial charge on any atom is -0.341 e. The van der Waals surface area contributed by atoms with Gasteiger partial charge in [-0.15, -0.1) is 0 Å². The van der Waals surface area contributed by atoms with E-state index in [1.165, 1.54) is 42.4 Å². The van der Waals surface area contributed by atoms with Gasteiger partial charge >= 0.3 is 0 Å². The number of rotatable bonds is 7. The molecule has 2 rings (SSSR count). The lowest BCUT2D eigenvalue weighted by molar-refractivity contribution is 0.550. The van der Waals surface area contributed by atoms with E-state index < -0.39 is 0 Å². The summed E-state index contributed by atoms with van der Waals surface area (Å²) in [5.74, 6) is 0.903. The fraction of sp³-hybridized carbons (Fsp3) is 0.625. The first-order valence-corrected chi connectivity index (χ1v) is 10.5. The van der Waals surface area contributed by atoms with E-state index in [1.54, 1.807) is 0 Å². The van der Waals surface area contributed by atoms with Crippen LogP contribution >= 0.6 is 0 Å². The van der Waals surface area contributed by atoms with E-state index in [9.17, 15) is 0 Å². The highest BCUT2D eigenvalue weighted by atomic mass is 15.0. The molecule has 0 aliphatic heterocycles. The second kappa shape index (κ2) is 8.60. The van der Waals surface area contributed by atoms with Crippen molar-refractivity contribution in [1.29, 1.82) is 0 Å². The number of unbranched alkanes of at least 4 members (excludes halogenated alkanes) is 3. The fourth-order valence-electron chi connectivity index (χ4n) is 3.25. The molecular weight excluding hydrogens is 330 g/mol. The third-order valence-corrected chi connectivity index (χ3v) is 5.29. The SMILES string of the molecule is CCCCCCC(N)c1ncc(-c2cc(C(C)(C)C)cc(C(C)(C)C)c2)[nH]1. The lowest BCUT2D eigenvalue weighted by Gasteiger charge is -2.26. The van der Waals surface area contributed by atoms with Gasteiger partial charge in [-0.2, -0.15) is 0 Å². The Morgan fingerprint density at radius 1 is 0.926 bits per heavy atom. The van der Waals surface area contributed by atoms with E-state index in [0.29, 0.717) is 0 Å². The van der Waals surface area contributed by atoms with E-state index >= 15 is 0 Å². The molecule has 1 heterocycles. The maximum atomic E-state index is 6.37. The van der Waals surface area contributed by atoms with Gasteiger partial charge in [0.05, 0.1) is 17.9 Å². The molecule has 0 fully saturated rings. The Morgan fingerprint density at radius 3 is 2.04 bits per heavy atom. The first-order chi connectivity index (χ1) is 12.5. The molecule has 1 unspecified atom stereocenters. The molecular formula is C24H39N3. The van der Waals surface area contributed by atoms with Gasteiger partial charge in [0, 0.05) is 5.56 Å².